The fourth-order valence-electron chi connectivity index (χ4n) is 2.15. The summed E-state index contributed by atoms with van der Waals surface area (Å²) in [5.41, 5.74) is 2.00. The van der Waals surface area contributed by atoms with Crippen molar-refractivity contribution in [3.05, 3.63) is 53.8 Å². The Bertz CT molecular complexity index is 692. The van der Waals surface area contributed by atoms with Crippen LogP contribution in [0.1, 0.15) is 5.56 Å². The quantitative estimate of drug-likeness (QED) is 0.514. The number of nitrogens with one attached hydrogen (secondary N) is 1. The van der Waals surface area contributed by atoms with Crippen LogP contribution in [-0.2, 0) is 4.79 Å². The number of amides is 1. The number of benzene rings is 2. The first-order valence-corrected chi connectivity index (χ1v) is 6.35. The molecule has 6 heteroatoms. The van der Waals surface area contributed by atoms with Crippen LogP contribution in [0.25, 0.3) is 0 Å². The Balaban J connectivity index is 0.00000242. The molecular formula is C16H15F2IN2O. The summed E-state index contributed by atoms with van der Waals surface area (Å²) in [6, 6.07) is 10.9. The number of hydrogen-bond acceptors (Lipinski definition) is 1. The Hall–Kier alpha value is -1.83. The number of carbonyl (C=O) groups excluding carboxylic acids is 1. The van der Waals surface area contributed by atoms with Gasteiger partial charge >= 0.3 is 0 Å². The number of rotatable bonds is 4. The first kappa shape index (κ1) is 18.2. The molecule has 0 saturated carbocycles. The molecule has 0 heterocycles. The Morgan fingerprint density at radius 1 is 1.23 bits per heavy atom. The number of nitrogens with zero attached hydrogens (tertiary/aromatic N) is 1. The SMILES string of the molecule is C=[NH+]c1ccccc1N(C(=O)CF)c1ccc(F)cc1C.[I-]. The summed E-state index contributed by atoms with van der Waals surface area (Å²) in [5, 5.41) is 0. The van der Waals surface area contributed by atoms with E-state index in [1.54, 1.807) is 31.2 Å². The fraction of sp³-hybridized carbons (Fsp3) is 0.125. The van der Waals surface area contributed by atoms with Crippen molar-refractivity contribution < 1.29 is 42.5 Å². The van der Waals surface area contributed by atoms with Crippen LogP contribution in [0.3, 0.4) is 0 Å². The van der Waals surface area contributed by atoms with Crippen molar-refractivity contribution in [2.75, 3.05) is 11.6 Å². The summed E-state index contributed by atoms with van der Waals surface area (Å²) in [5.74, 6) is -1.14. The zero-order chi connectivity index (χ0) is 15.4. The molecule has 0 unspecified atom stereocenters. The lowest BCUT2D eigenvalue weighted by molar-refractivity contribution is -0.341. The van der Waals surface area contributed by atoms with Crippen molar-refractivity contribution in [2.45, 2.75) is 6.92 Å². The second-order valence-corrected chi connectivity index (χ2v) is 4.49. The number of anilines is 2. The van der Waals surface area contributed by atoms with E-state index < -0.39 is 18.4 Å². The number of aryl methyl sites for hydroxylation is 1. The normalized spacial score (nSPS) is 9.77. The van der Waals surface area contributed by atoms with E-state index in [2.05, 4.69) is 11.7 Å². The van der Waals surface area contributed by atoms with E-state index in [9.17, 15) is 13.6 Å². The van der Waals surface area contributed by atoms with Crippen molar-refractivity contribution in [1.82, 2.24) is 0 Å². The summed E-state index contributed by atoms with van der Waals surface area (Å²) in [6.45, 7) is 4.09. The molecule has 0 aromatic heterocycles. The average Bonchev–Trinajstić information content (AvgIpc) is 2.49. The molecule has 0 aliphatic rings. The van der Waals surface area contributed by atoms with Crippen LogP contribution >= 0.6 is 0 Å². The molecule has 22 heavy (non-hydrogen) atoms. The van der Waals surface area contributed by atoms with Crippen molar-refractivity contribution >= 4 is 29.7 Å². The van der Waals surface area contributed by atoms with Crippen molar-refractivity contribution in [1.29, 1.82) is 0 Å². The lowest BCUT2D eigenvalue weighted by Crippen LogP contribution is -3.00. The van der Waals surface area contributed by atoms with E-state index in [-0.39, 0.29) is 24.0 Å². The van der Waals surface area contributed by atoms with Crippen LogP contribution in [0.4, 0.5) is 25.8 Å². The maximum Gasteiger partial charge on any atom is 0.263 e. The monoisotopic (exact) mass is 416 g/mol. The third-order valence-corrected chi connectivity index (χ3v) is 3.10. The van der Waals surface area contributed by atoms with Crippen LogP contribution < -0.4 is 33.9 Å². The van der Waals surface area contributed by atoms with Gasteiger partial charge in [0.05, 0.1) is 5.69 Å². The molecule has 0 spiro atoms. The third kappa shape index (κ3) is 3.68. The van der Waals surface area contributed by atoms with Gasteiger partial charge < -0.3 is 24.0 Å². The van der Waals surface area contributed by atoms with Gasteiger partial charge in [-0.05, 0) is 36.8 Å². The maximum absolute atomic E-state index is 13.2. The topological polar surface area (TPSA) is 34.3 Å². The van der Waals surface area contributed by atoms with E-state index in [1.165, 1.54) is 23.1 Å². The number of hydrogen-bond donors (Lipinski definition) is 1. The first-order valence-electron chi connectivity index (χ1n) is 6.35. The number of halogens is 3. The van der Waals surface area contributed by atoms with Gasteiger partial charge in [0.25, 0.3) is 5.91 Å². The van der Waals surface area contributed by atoms with Crippen LogP contribution in [0, 0.1) is 12.7 Å². The molecule has 0 saturated heterocycles. The molecule has 116 valence electrons. The lowest BCUT2D eigenvalue weighted by Gasteiger charge is -2.23. The van der Waals surface area contributed by atoms with Gasteiger partial charge in [0.2, 0.25) is 5.69 Å². The molecule has 0 radical (unpaired) electrons. The van der Waals surface area contributed by atoms with Crippen LogP contribution in [0.15, 0.2) is 42.5 Å². The molecule has 2 aromatic rings. The van der Waals surface area contributed by atoms with Crippen molar-refractivity contribution in [3.63, 3.8) is 0 Å². The van der Waals surface area contributed by atoms with Gasteiger partial charge in [0, 0.05) is 6.07 Å². The molecule has 3 nitrogen and oxygen atoms in total. The third-order valence-electron chi connectivity index (χ3n) is 3.10. The van der Waals surface area contributed by atoms with Crippen molar-refractivity contribution in [2.24, 2.45) is 0 Å². The number of alkyl halides is 1. The number of para-hydroxylation sites is 2. The van der Waals surface area contributed by atoms with Crippen LogP contribution in [0.5, 0.6) is 0 Å². The molecule has 1 N–H and O–H groups in total. The van der Waals surface area contributed by atoms with E-state index in [0.717, 1.165) is 0 Å². The predicted octanol–water partition coefficient (Wildman–Crippen LogP) is -0.815. The van der Waals surface area contributed by atoms with E-state index >= 15 is 0 Å². The highest BCUT2D eigenvalue weighted by Crippen LogP contribution is 2.32. The van der Waals surface area contributed by atoms with E-state index in [4.69, 9.17) is 0 Å². The van der Waals surface area contributed by atoms with Gasteiger partial charge in [-0.2, -0.15) is 0 Å². The fourth-order valence-corrected chi connectivity index (χ4v) is 2.15. The van der Waals surface area contributed by atoms with Crippen molar-refractivity contribution in [3.8, 4) is 0 Å². The molecule has 0 aliphatic carbocycles. The smallest absolute Gasteiger partial charge is 0.263 e. The summed E-state index contributed by atoms with van der Waals surface area (Å²) < 4.78 is 26.2. The van der Waals surface area contributed by atoms with Gasteiger partial charge in [-0.25, -0.2) is 13.8 Å². The first-order chi connectivity index (χ1) is 10.1. The van der Waals surface area contributed by atoms with Gasteiger partial charge in [-0.15, -0.1) is 0 Å². The summed E-state index contributed by atoms with van der Waals surface area (Å²) in [4.78, 5) is 16.0. The van der Waals surface area contributed by atoms with Gasteiger partial charge in [0.15, 0.2) is 6.67 Å². The molecule has 0 bridgehead atoms. The van der Waals surface area contributed by atoms with E-state index in [1.807, 2.05) is 0 Å². The highest BCUT2D eigenvalue weighted by atomic mass is 127. The second-order valence-electron chi connectivity index (χ2n) is 4.49. The highest BCUT2D eigenvalue weighted by Gasteiger charge is 2.23. The van der Waals surface area contributed by atoms with Gasteiger partial charge in [-0.3, -0.25) is 9.69 Å². The predicted molar refractivity (Wildman–Crippen MR) is 78.4 cm³/mol. The molecule has 2 rings (SSSR count). The Morgan fingerprint density at radius 3 is 2.50 bits per heavy atom. The summed E-state index contributed by atoms with van der Waals surface area (Å²) in [7, 11) is 0. The Kier molecular flexibility index (Phi) is 6.61. The molecule has 1 amide bonds. The maximum atomic E-state index is 13.2. The number of carbonyl (C=O) groups is 1. The minimum absolute atomic E-state index is 0. The summed E-state index contributed by atoms with van der Waals surface area (Å²) >= 11 is 0. The second kappa shape index (κ2) is 7.98. The van der Waals surface area contributed by atoms with Gasteiger partial charge in [-0.1, -0.05) is 12.1 Å². The Morgan fingerprint density at radius 2 is 1.91 bits per heavy atom. The van der Waals surface area contributed by atoms with Gasteiger partial charge in [0.1, 0.15) is 18.2 Å². The molecule has 0 fully saturated rings. The Labute approximate surface area is 144 Å². The molecule has 2 aromatic carbocycles. The zero-order valence-electron chi connectivity index (χ0n) is 11.9. The molecule has 0 aliphatic heterocycles. The van der Waals surface area contributed by atoms with Crippen LogP contribution in [-0.4, -0.2) is 19.3 Å². The molecule has 0 atom stereocenters. The minimum atomic E-state index is -1.15. The van der Waals surface area contributed by atoms with E-state index in [0.29, 0.717) is 22.6 Å². The largest absolute Gasteiger partial charge is 1.00 e. The highest BCUT2D eigenvalue weighted by molar-refractivity contribution is 6.03. The summed E-state index contributed by atoms with van der Waals surface area (Å²) in [6.07, 6.45) is 0. The average molecular weight is 416 g/mol. The standard InChI is InChI=1S/C16H14F2N2O.HI/c1-11-9-12(18)7-8-14(11)20(16(21)10-17)15-6-4-3-5-13(15)19-2;/h3-9H,2,10H2,1H3;1H. The zero-order valence-corrected chi connectivity index (χ0v) is 14.1. The lowest BCUT2D eigenvalue weighted by atomic mass is 10.1. The minimum Gasteiger partial charge on any atom is -1.00 e. The molecular weight excluding hydrogens is 401 g/mol. The van der Waals surface area contributed by atoms with Crippen LogP contribution in [0.2, 0.25) is 0 Å².